The van der Waals surface area contributed by atoms with E-state index >= 15 is 0 Å². The first kappa shape index (κ1) is 33.4. The molecule has 10 N–H and O–H groups in total. The topological polar surface area (TPSA) is 217 Å². The molecule has 248 valence electrons. The molecule has 0 aliphatic heterocycles. The lowest BCUT2D eigenvalue weighted by Crippen LogP contribution is -2.57. The standard InChI is InChI=1S/C35H38N8O5/c36-26(15-22-17-38-27-12-6-4-10-24(22)27)33(46)42-29(14-21-8-2-1-3-9-21)35(48)43-30(34(47)41-20-32(45)40-19-31(37)44)16-23-18-39-28-13-7-5-11-25(23)28/h1-13,17-18,26,29-30,38-39H,14-16,19-20,36H2,(H2,37,44)(H,40,45)(H,41,47)(H,42,46)(H,43,48). The number of primary amides is 1. The van der Waals surface area contributed by atoms with E-state index in [9.17, 15) is 24.0 Å². The molecule has 0 aliphatic rings. The second-order valence-electron chi connectivity index (χ2n) is 11.5. The Kier molecular flexibility index (Phi) is 10.8. The molecule has 0 bridgehead atoms. The summed E-state index contributed by atoms with van der Waals surface area (Å²) < 4.78 is 0. The second kappa shape index (κ2) is 15.6. The van der Waals surface area contributed by atoms with Gasteiger partial charge in [-0.2, -0.15) is 0 Å². The number of H-pyrrole nitrogens is 2. The minimum Gasteiger partial charge on any atom is -0.368 e. The molecule has 2 heterocycles. The van der Waals surface area contributed by atoms with Gasteiger partial charge in [0.25, 0.3) is 0 Å². The van der Waals surface area contributed by atoms with Crippen molar-refractivity contribution in [2.24, 2.45) is 11.5 Å². The van der Waals surface area contributed by atoms with Crippen LogP contribution >= 0.6 is 0 Å². The summed E-state index contributed by atoms with van der Waals surface area (Å²) in [5.74, 6) is -3.13. The molecule has 5 amide bonds. The highest BCUT2D eigenvalue weighted by atomic mass is 16.2. The van der Waals surface area contributed by atoms with Crippen LogP contribution in [0.15, 0.2) is 91.3 Å². The summed E-state index contributed by atoms with van der Waals surface area (Å²) in [5, 5.41) is 12.2. The lowest BCUT2D eigenvalue weighted by molar-refractivity contribution is -0.133. The number of hydrogen-bond acceptors (Lipinski definition) is 6. The van der Waals surface area contributed by atoms with Crippen molar-refractivity contribution in [3.8, 4) is 0 Å². The average Bonchev–Trinajstić information content (AvgIpc) is 3.69. The summed E-state index contributed by atoms with van der Waals surface area (Å²) >= 11 is 0. The van der Waals surface area contributed by atoms with Gasteiger partial charge in [0.05, 0.1) is 19.1 Å². The Morgan fingerprint density at radius 2 is 1.15 bits per heavy atom. The summed E-state index contributed by atoms with van der Waals surface area (Å²) in [4.78, 5) is 70.4. The van der Waals surface area contributed by atoms with E-state index < -0.39 is 54.2 Å². The Morgan fingerprint density at radius 3 is 1.77 bits per heavy atom. The molecule has 0 aliphatic carbocycles. The quantitative estimate of drug-likeness (QED) is 0.0815. The summed E-state index contributed by atoms with van der Waals surface area (Å²) in [6, 6.07) is 21.2. The zero-order chi connectivity index (χ0) is 34.0. The normalized spacial score (nSPS) is 12.9. The zero-order valence-electron chi connectivity index (χ0n) is 26.1. The predicted octanol–water partition coefficient (Wildman–Crippen LogP) is 0.692. The van der Waals surface area contributed by atoms with Crippen LogP contribution in [0.1, 0.15) is 16.7 Å². The first-order valence-corrected chi connectivity index (χ1v) is 15.5. The van der Waals surface area contributed by atoms with Crippen LogP contribution < -0.4 is 32.7 Å². The molecule has 5 rings (SSSR count). The summed E-state index contributed by atoms with van der Waals surface area (Å²) in [7, 11) is 0. The third-order valence-electron chi connectivity index (χ3n) is 7.98. The number of nitrogens with one attached hydrogen (secondary N) is 6. The van der Waals surface area contributed by atoms with E-state index in [4.69, 9.17) is 11.5 Å². The maximum absolute atomic E-state index is 13.9. The van der Waals surface area contributed by atoms with Crippen LogP contribution in [-0.4, -0.2) is 70.7 Å². The fraction of sp³-hybridized carbons (Fsp3) is 0.229. The molecule has 3 atom stereocenters. The highest BCUT2D eigenvalue weighted by Gasteiger charge is 2.29. The lowest BCUT2D eigenvalue weighted by Gasteiger charge is -2.24. The van der Waals surface area contributed by atoms with Gasteiger partial charge in [-0.25, -0.2) is 0 Å². The molecule has 0 saturated carbocycles. The summed E-state index contributed by atoms with van der Waals surface area (Å²) in [6.07, 6.45) is 4.02. The Labute approximate surface area is 276 Å². The van der Waals surface area contributed by atoms with Crippen LogP contribution in [0.25, 0.3) is 21.8 Å². The number of amides is 5. The minimum atomic E-state index is -1.13. The van der Waals surface area contributed by atoms with Gasteiger partial charge in [-0.3, -0.25) is 24.0 Å². The molecule has 3 aromatic carbocycles. The van der Waals surface area contributed by atoms with E-state index in [1.165, 1.54) is 0 Å². The lowest BCUT2D eigenvalue weighted by atomic mass is 10.0. The molecule has 0 saturated heterocycles. The summed E-state index contributed by atoms with van der Waals surface area (Å²) in [5.41, 5.74) is 15.6. The second-order valence-corrected chi connectivity index (χ2v) is 11.5. The zero-order valence-corrected chi connectivity index (χ0v) is 26.1. The van der Waals surface area contributed by atoms with Crippen LogP contribution in [-0.2, 0) is 43.2 Å². The van der Waals surface area contributed by atoms with E-state index in [1.807, 2.05) is 85.1 Å². The number of carbonyl (C=O) groups is 5. The molecule has 0 radical (unpaired) electrons. The van der Waals surface area contributed by atoms with Gasteiger partial charge in [-0.05, 0) is 35.2 Å². The van der Waals surface area contributed by atoms with Gasteiger partial charge in [-0.15, -0.1) is 0 Å². The number of rotatable bonds is 15. The first-order chi connectivity index (χ1) is 23.2. The highest BCUT2D eigenvalue weighted by Crippen LogP contribution is 2.20. The van der Waals surface area contributed by atoms with Gasteiger partial charge in [0.2, 0.25) is 29.5 Å². The predicted molar refractivity (Wildman–Crippen MR) is 181 cm³/mol. The Bertz CT molecular complexity index is 1920. The molecule has 2 aromatic heterocycles. The van der Waals surface area contributed by atoms with Gasteiger partial charge in [-0.1, -0.05) is 66.7 Å². The van der Waals surface area contributed by atoms with E-state index in [0.717, 1.165) is 38.5 Å². The van der Waals surface area contributed by atoms with Crippen LogP contribution in [0, 0.1) is 0 Å². The van der Waals surface area contributed by atoms with E-state index in [2.05, 4.69) is 31.2 Å². The van der Waals surface area contributed by atoms with E-state index in [0.29, 0.717) is 0 Å². The largest absolute Gasteiger partial charge is 0.368 e. The number of aromatic amines is 2. The molecule has 48 heavy (non-hydrogen) atoms. The fourth-order valence-electron chi connectivity index (χ4n) is 5.51. The van der Waals surface area contributed by atoms with Crippen LogP contribution in [0.2, 0.25) is 0 Å². The molecule has 0 fully saturated rings. The molecule has 13 heteroatoms. The average molecular weight is 651 g/mol. The van der Waals surface area contributed by atoms with Crippen molar-refractivity contribution in [2.45, 2.75) is 37.4 Å². The number of benzene rings is 3. The van der Waals surface area contributed by atoms with Crippen LogP contribution in [0.4, 0.5) is 0 Å². The first-order valence-electron chi connectivity index (χ1n) is 15.5. The van der Waals surface area contributed by atoms with E-state index in [1.54, 1.807) is 6.20 Å². The van der Waals surface area contributed by atoms with Crippen molar-refractivity contribution >= 4 is 51.3 Å². The maximum Gasteiger partial charge on any atom is 0.243 e. The SMILES string of the molecule is NC(=O)CNC(=O)CNC(=O)C(Cc1c[nH]c2ccccc12)NC(=O)C(Cc1ccccc1)NC(=O)C(N)Cc1c[nH]c2ccccc12. The molecule has 5 aromatic rings. The van der Waals surface area contributed by atoms with Crippen molar-refractivity contribution in [2.75, 3.05) is 13.1 Å². The van der Waals surface area contributed by atoms with Gasteiger partial charge >= 0.3 is 0 Å². The Balaban J connectivity index is 1.34. The molecule has 0 spiro atoms. The Hall–Kier alpha value is -5.95. The number of nitrogens with two attached hydrogens (primary N) is 2. The number of para-hydroxylation sites is 2. The van der Waals surface area contributed by atoms with Gasteiger partial charge in [0, 0.05) is 47.0 Å². The van der Waals surface area contributed by atoms with Gasteiger partial charge in [0.1, 0.15) is 12.1 Å². The van der Waals surface area contributed by atoms with Crippen molar-refractivity contribution < 1.29 is 24.0 Å². The van der Waals surface area contributed by atoms with Crippen LogP contribution in [0.5, 0.6) is 0 Å². The van der Waals surface area contributed by atoms with Crippen molar-refractivity contribution in [1.82, 2.24) is 31.2 Å². The molecular weight excluding hydrogens is 612 g/mol. The van der Waals surface area contributed by atoms with Gasteiger partial charge in [0.15, 0.2) is 0 Å². The molecule has 13 nitrogen and oxygen atoms in total. The number of fused-ring (bicyclic) bond motifs is 2. The Morgan fingerprint density at radius 1 is 0.604 bits per heavy atom. The van der Waals surface area contributed by atoms with Crippen molar-refractivity contribution in [1.29, 1.82) is 0 Å². The van der Waals surface area contributed by atoms with Gasteiger partial charge < -0.3 is 42.7 Å². The number of aromatic nitrogens is 2. The van der Waals surface area contributed by atoms with Crippen molar-refractivity contribution in [3.05, 3.63) is 108 Å². The third kappa shape index (κ3) is 8.65. The monoisotopic (exact) mass is 650 g/mol. The van der Waals surface area contributed by atoms with E-state index in [-0.39, 0.29) is 25.8 Å². The maximum atomic E-state index is 13.9. The highest BCUT2D eigenvalue weighted by molar-refractivity contribution is 5.95. The minimum absolute atomic E-state index is 0.0799. The third-order valence-corrected chi connectivity index (χ3v) is 7.98. The van der Waals surface area contributed by atoms with Crippen LogP contribution in [0.3, 0.4) is 0 Å². The smallest absolute Gasteiger partial charge is 0.243 e. The number of carbonyl (C=O) groups excluding carboxylic acids is 5. The number of hydrogen-bond donors (Lipinski definition) is 8. The fourth-order valence-corrected chi connectivity index (χ4v) is 5.51. The molecule has 3 unspecified atom stereocenters. The summed E-state index contributed by atoms with van der Waals surface area (Å²) in [6.45, 7) is -0.827. The molecular formula is C35H38N8O5. The van der Waals surface area contributed by atoms with Crippen molar-refractivity contribution in [3.63, 3.8) is 0 Å².